The van der Waals surface area contributed by atoms with Gasteiger partial charge in [-0.2, -0.15) is 10.5 Å². The Morgan fingerprint density at radius 2 is 1.23 bits per heavy atom. The lowest BCUT2D eigenvalue weighted by Crippen LogP contribution is -2.09. The molecule has 0 heterocycles. The largest absolute Gasteiger partial charge is 0.501 e. The van der Waals surface area contributed by atoms with E-state index in [0.717, 1.165) is 12.2 Å². The molecule has 0 aliphatic heterocycles. The average molecular weight is 306 g/mol. The maximum atomic E-state index is 11.3. The van der Waals surface area contributed by atoms with Crippen molar-refractivity contribution in [2.45, 2.75) is 13.8 Å². The van der Waals surface area contributed by atoms with E-state index in [1.807, 2.05) is 0 Å². The lowest BCUT2D eigenvalue weighted by atomic mass is 10.1. The molecule has 0 saturated heterocycles. The quantitative estimate of drug-likeness (QED) is 0.246. The third-order valence-electron chi connectivity index (χ3n) is 2.11. The Labute approximate surface area is 126 Å². The number of aliphatic hydroxyl groups excluding tert-OH is 2. The van der Waals surface area contributed by atoms with Gasteiger partial charge in [0.25, 0.3) is 0 Å². The second-order valence-electron chi connectivity index (χ2n) is 3.52. The van der Waals surface area contributed by atoms with Gasteiger partial charge in [0.2, 0.25) is 11.5 Å². The fraction of sp³-hybridized carbons (Fsp3) is 0.286. The Morgan fingerprint density at radius 1 is 0.909 bits per heavy atom. The van der Waals surface area contributed by atoms with Gasteiger partial charge >= 0.3 is 11.9 Å². The van der Waals surface area contributed by atoms with E-state index in [4.69, 9.17) is 10.5 Å². The first-order valence-corrected chi connectivity index (χ1v) is 6.11. The van der Waals surface area contributed by atoms with Crippen LogP contribution in [0.2, 0.25) is 0 Å². The first-order valence-electron chi connectivity index (χ1n) is 6.11. The maximum absolute atomic E-state index is 11.3. The third kappa shape index (κ3) is 5.39. The van der Waals surface area contributed by atoms with Crippen LogP contribution in [0.15, 0.2) is 34.8 Å². The zero-order chi connectivity index (χ0) is 17.1. The summed E-state index contributed by atoms with van der Waals surface area (Å²) in [6.07, 6.45) is 1.78. The predicted molar refractivity (Wildman–Crippen MR) is 72.9 cm³/mol. The molecule has 0 amide bonds. The molecule has 8 nitrogen and oxygen atoms in total. The number of esters is 2. The molecular formula is C14H14N2O6. The number of aliphatic hydroxyl groups is 2. The number of carbonyl (C=O) groups is 2. The molecule has 0 aliphatic carbocycles. The summed E-state index contributed by atoms with van der Waals surface area (Å²) in [6, 6.07) is 3.05. The standard InChI is InChI=1S/C14H14N2O6/c1-3-21-13(19)11(17)9(7-15)5-6-10(8-16)12(18)14(20)22-4-2/h5-6,17-18H,3-4H2,1-2H3. The smallest absolute Gasteiger partial charge is 0.374 e. The van der Waals surface area contributed by atoms with Gasteiger partial charge < -0.3 is 19.7 Å². The van der Waals surface area contributed by atoms with E-state index in [0.29, 0.717) is 0 Å². The van der Waals surface area contributed by atoms with Crippen LogP contribution in [0, 0.1) is 22.7 Å². The molecule has 0 radical (unpaired) electrons. The van der Waals surface area contributed by atoms with Gasteiger partial charge in [-0.1, -0.05) is 0 Å². The van der Waals surface area contributed by atoms with Crippen molar-refractivity contribution in [1.29, 1.82) is 10.5 Å². The molecule has 8 heteroatoms. The Morgan fingerprint density at radius 3 is 1.45 bits per heavy atom. The van der Waals surface area contributed by atoms with Gasteiger partial charge in [0.1, 0.15) is 23.3 Å². The highest BCUT2D eigenvalue weighted by Gasteiger charge is 2.16. The Hall–Kier alpha value is -3.26. The predicted octanol–water partition coefficient (Wildman–Crippen LogP) is 1.34. The van der Waals surface area contributed by atoms with Crippen molar-refractivity contribution in [3.8, 4) is 12.1 Å². The molecule has 0 saturated carbocycles. The number of nitrogens with zero attached hydrogens (tertiary/aromatic N) is 2. The molecule has 0 bridgehead atoms. The SMILES string of the molecule is CCOC(=O)C(O)=C(C#N)C=CC(C#N)=C(O)C(=O)OCC. The van der Waals surface area contributed by atoms with Crippen molar-refractivity contribution in [3.63, 3.8) is 0 Å². The highest BCUT2D eigenvalue weighted by Crippen LogP contribution is 2.10. The lowest BCUT2D eigenvalue weighted by molar-refractivity contribution is -0.142. The second kappa shape index (κ2) is 9.61. The summed E-state index contributed by atoms with van der Waals surface area (Å²) in [5, 5.41) is 36.7. The third-order valence-corrected chi connectivity index (χ3v) is 2.11. The number of hydrogen-bond acceptors (Lipinski definition) is 8. The van der Waals surface area contributed by atoms with Crippen LogP contribution in [-0.4, -0.2) is 35.4 Å². The van der Waals surface area contributed by atoms with Gasteiger partial charge in [0.05, 0.1) is 13.2 Å². The number of ether oxygens (including phenoxy) is 2. The van der Waals surface area contributed by atoms with Crippen LogP contribution in [-0.2, 0) is 19.1 Å². The highest BCUT2D eigenvalue weighted by molar-refractivity contribution is 5.89. The van der Waals surface area contributed by atoms with E-state index in [2.05, 4.69) is 9.47 Å². The van der Waals surface area contributed by atoms with Crippen LogP contribution in [0.5, 0.6) is 0 Å². The monoisotopic (exact) mass is 306 g/mol. The van der Waals surface area contributed by atoms with Gasteiger partial charge in [0, 0.05) is 0 Å². The molecule has 0 aromatic heterocycles. The first-order chi connectivity index (χ1) is 10.4. The van der Waals surface area contributed by atoms with E-state index >= 15 is 0 Å². The van der Waals surface area contributed by atoms with Gasteiger partial charge in [-0.3, -0.25) is 0 Å². The van der Waals surface area contributed by atoms with Crippen LogP contribution in [0.4, 0.5) is 0 Å². The number of nitriles is 2. The molecular weight excluding hydrogens is 292 g/mol. The molecule has 0 atom stereocenters. The van der Waals surface area contributed by atoms with Crippen molar-refractivity contribution in [3.05, 3.63) is 34.8 Å². The summed E-state index contributed by atoms with van der Waals surface area (Å²) in [4.78, 5) is 22.5. The summed E-state index contributed by atoms with van der Waals surface area (Å²) in [5.74, 6) is -4.12. The van der Waals surface area contributed by atoms with Crippen molar-refractivity contribution in [2.24, 2.45) is 0 Å². The van der Waals surface area contributed by atoms with E-state index in [9.17, 15) is 19.8 Å². The van der Waals surface area contributed by atoms with Gasteiger partial charge in [0.15, 0.2) is 0 Å². The fourth-order valence-corrected chi connectivity index (χ4v) is 1.12. The normalized spacial score (nSPS) is 12.5. The van der Waals surface area contributed by atoms with Gasteiger partial charge in [-0.25, -0.2) is 9.59 Å². The van der Waals surface area contributed by atoms with Crippen molar-refractivity contribution in [2.75, 3.05) is 13.2 Å². The first kappa shape index (κ1) is 18.7. The van der Waals surface area contributed by atoms with Crippen molar-refractivity contribution in [1.82, 2.24) is 0 Å². The molecule has 2 N–H and O–H groups in total. The lowest BCUT2D eigenvalue weighted by Gasteiger charge is -2.02. The Kier molecular flexibility index (Phi) is 8.19. The summed E-state index contributed by atoms with van der Waals surface area (Å²) in [6.45, 7) is 3.03. The molecule has 0 spiro atoms. The van der Waals surface area contributed by atoms with Crippen molar-refractivity contribution < 1.29 is 29.3 Å². The molecule has 0 aromatic rings. The molecule has 116 valence electrons. The Balaban J connectivity index is 5.53. The summed E-state index contributed by atoms with van der Waals surface area (Å²) in [7, 11) is 0. The summed E-state index contributed by atoms with van der Waals surface area (Å²) < 4.78 is 9.01. The minimum Gasteiger partial charge on any atom is -0.501 e. The second-order valence-corrected chi connectivity index (χ2v) is 3.52. The number of carbonyl (C=O) groups excluding carboxylic acids is 2. The average Bonchev–Trinajstić information content (AvgIpc) is 2.51. The molecule has 0 aromatic carbocycles. The minimum atomic E-state index is -1.11. The van der Waals surface area contributed by atoms with Gasteiger partial charge in [-0.05, 0) is 26.0 Å². The zero-order valence-corrected chi connectivity index (χ0v) is 12.0. The number of hydrogen-bond donors (Lipinski definition) is 2. The zero-order valence-electron chi connectivity index (χ0n) is 12.0. The Bertz CT molecular complexity index is 562. The van der Waals surface area contributed by atoms with E-state index in [1.165, 1.54) is 26.0 Å². The minimum absolute atomic E-state index is 0.00168. The van der Waals surface area contributed by atoms with E-state index in [-0.39, 0.29) is 13.2 Å². The number of allylic oxidation sites excluding steroid dienone is 4. The maximum Gasteiger partial charge on any atom is 0.374 e. The highest BCUT2D eigenvalue weighted by atomic mass is 16.5. The van der Waals surface area contributed by atoms with E-state index in [1.54, 1.807) is 0 Å². The molecule has 0 fully saturated rings. The van der Waals surface area contributed by atoms with Crippen LogP contribution in [0.3, 0.4) is 0 Å². The van der Waals surface area contributed by atoms with Gasteiger partial charge in [-0.15, -0.1) is 0 Å². The fourth-order valence-electron chi connectivity index (χ4n) is 1.12. The van der Waals surface area contributed by atoms with Crippen LogP contribution >= 0.6 is 0 Å². The van der Waals surface area contributed by atoms with Crippen LogP contribution < -0.4 is 0 Å². The van der Waals surface area contributed by atoms with Crippen molar-refractivity contribution >= 4 is 11.9 Å². The molecule has 22 heavy (non-hydrogen) atoms. The van der Waals surface area contributed by atoms with E-state index < -0.39 is 34.6 Å². The van der Waals surface area contributed by atoms with Crippen LogP contribution in [0.25, 0.3) is 0 Å². The molecule has 0 aliphatic rings. The molecule has 0 unspecified atom stereocenters. The topological polar surface area (TPSA) is 141 Å². The number of rotatable bonds is 6. The molecule has 0 rings (SSSR count). The summed E-state index contributed by atoms with van der Waals surface area (Å²) >= 11 is 0. The summed E-state index contributed by atoms with van der Waals surface area (Å²) in [5.41, 5.74) is -0.995. The van der Waals surface area contributed by atoms with Crippen LogP contribution in [0.1, 0.15) is 13.8 Å².